The molecule has 0 aliphatic heterocycles. The summed E-state index contributed by atoms with van der Waals surface area (Å²) < 4.78 is 3.10. The first-order valence-corrected chi connectivity index (χ1v) is 5.18. The van der Waals surface area contributed by atoms with Crippen molar-refractivity contribution in [3.63, 3.8) is 0 Å². The molecule has 0 aliphatic carbocycles. The van der Waals surface area contributed by atoms with E-state index in [1.165, 1.54) is 0 Å². The molecule has 0 aromatic heterocycles. The Hall–Kier alpha value is 0.710. The Bertz CT molecular complexity index is 235. The zero-order valence-electron chi connectivity index (χ0n) is 4.87. The number of rotatable bonds is 0. The highest BCUT2D eigenvalue weighted by molar-refractivity contribution is 14.1. The molecule has 0 radical (unpaired) electrons. The molecule has 1 aromatic rings. The van der Waals surface area contributed by atoms with Gasteiger partial charge in [-0.2, -0.15) is 0 Å². The van der Waals surface area contributed by atoms with E-state index in [0.717, 1.165) is 18.2 Å². The van der Waals surface area contributed by atoms with Gasteiger partial charge in [-0.15, -0.1) is 0 Å². The maximum absolute atomic E-state index is 5.63. The van der Waals surface area contributed by atoms with Crippen LogP contribution < -0.4 is 5.73 Å². The third-order valence-electron chi connectivity index (χ3n) is 1.07. The van der Waals surface area contributed by atoms with Crippen molar-refractivity contribution in [1.82, 2.24) is 0 Å². The van der Waals surface area contributed by atoms with Crippen molar-refractivity contribution in [3.05, 3.63) is 24.6 Å². The van der Waals surface area contributed by atoms with Crippen molar-refractivity contribution in [2.45, 2.75) is 0 Å². The van der Waals surface area contributed by atoms with Crippen LogP contribution in [-0.2, 0) is 0 Å². The molecule has 54 valence electrons. The van der Waals surface area contributed by atoms with Crippen LogP contribution >= 0.6 is 54.5 Å². The third kappa shape index (κ3) is 1.65. The van der Waals surface area contributed by atoms with Gasteiger partial charge in [0, 0.05) is 14.6 Å². The van der Waals surface area contributed by atoms with E-state index in [-0.39, 0.29) is 0 Å². The maximum atomic E-state index is 5.63. The Labute approximate surface area is 89.8 Å². The van der Waals surface area contributed by atoms with E-state index in [0.29, 0.717) is 0 Å². The van der Waals surface area contributed by atoms with Crippen LogP contribution in [-0.4, -0.2) is 0 Å². The second kappa shape index (κ2) is 3.40. The molecule has 2 N–H and O–H groups in total. The molecular formula is C6H4Br2IN. The molecule has 4 heteroatoms. The third-order valence-corrected chi connectivity index (χ3v) is 4.99. The summed E-state index contributed by atoms with van der Waals surface area (Å²) >= 11 is 8.96. The molecule has 0 unspecified atom stereocenters. The van der Waals surface area contributed by atoms with Crippen molar-refractivity contribution in [2.75, 3.05) is 5.73 Å². The van der Waals surface area contributed by atoms with Crippen molar-refractivity contribution in [1.29, 1.82) is 0 Å². The summed E-state index contributed by atoms with van der Waals surface area (Å²) in [5.74, 6) is 0. The van der Waals surface area contributed by atoms with Gasteiger partial charge >= 0.3 is 0 Å². The van der Waals surface area contributed by atoms with Crippen LogP contribution in [0.5, 0.6) is 0 Å². The van der Waals surface area contributed by atoms with Crippen LogP contribution in [0.3, 0.4) is 0 Å². The van der Waals surface area contributed by atoms with E-state index in [1.807, 2.05) is 12.1 Å². The highest BCUT2D eigenvalue weighted by Gasteiger charge is 2.03. The molecule has 0 fully saturated rings. The Morgan fingerprint density at radius 2 is 1.90 bits per heavy atom. The molecule has 0 saturated carbocycles. The fourth-order valence-corrected chi connectivity index (χ4v) is 2.07. The molecule has 0 amide bonds. The average molecular weight is 377 g/mol. The summed E-state index contributed by atoms with van der Waals surface area (Å²) in [6.45, 7) is 0. The van der Waals surface area contributed by atoms with E-state index < -0.39 is 0 Å². The molecule has 0 spiro atoms. The molecule has 10 heavy (non-hydrogen) atoms. The predicted molar refractivity (Wildman–Crippen MR) is 59.0 cm³/mol. The fraction of sp³-hybridized carbons (Fsp3) is 0. The first-order chi connectivity index (χ1) is 4.63. The predicted octanol–water partition coefficient (Wildman–Crippen LogP) is 3.40. The number of nitrogens with two attached hydrogens (primary N) is 1. The minimum absolute atomic E-state index is 0.802. The van der Waals surface area contributed by atoms with Gasteiger partial charge in [0.25, 0.3) is 0 Å². The number of nitrogen functional groups attached to an aromatic ring is 1. The van der Waals surface area contributed by atoms with Gasteiger partial charge in [-0.3, -0.25) is 0 Å². The summed E-state index contributed by atoms with van der Waals surface area (Å²) in [5.41, 5.74) is 6.43. The topological polar surface area (TPSA) is 26.0 Å². The van der Waals surface area contributed by atoms with E-state index in [1.54, 1.807) is 0 Å². The lowest BCUT2D eigenvalue weighted by molar-refractivity contribution is 1.53. The summed E-state index contributed by atoms with van der Waals surface area (Å²) in [5, 5.41) is 0. The molecule has 0 saturated heterocycles. The van der Waals surface area contributed by atoms with Gasteiger partial charge in [-0.25, -0.2) is 0 Å². The second-order valence-corrected chi connectivity index (χ2v) is 4.49. The Morgan fingerprint density at radius 3 is 2.40 bits per heavy atom. The minimum Gasteiger partial charge on any atom is -0.398 e. The number of hydrogen-bond donors (Lipinski definition) is 1. The van der Waals surface area contributed by atoms with E-state index >= 15 is 0 Å². The quantitative estimate of drug-likeness (QED) is 0.419. The summed E-state index contributed by atoms with van der Waals surface area (Å²) in [4.78, 5) is 0. The van der Waals surface area contributed by atoms with Crippen LogP contribution in [0, 0.1) is 3.57 Å². The first-order valence-electron chi connectivity index (χ1n) is 2.52. The molecule has 1 aromatic carbocycles. The fourth-order valence-electron chi connectivity index (χ4n) is 0.541. The van der Waals surface area contributed by atoms with Crippen molar-refractivity contribution in [2.24, 2.45) is 0 Å². The van der Waals surface area contributed by atoms with E-state index in [9.17, 15) is 0 Å². The standard InChI is InChI=1S/C6H4Br2IN/c7-3-1-2-4(10)6(9)5(3)8/h1-2H,10H2. The van der Waals surface area contributed by atoms with E-state index in [4.69, 9.17) is 5.73 Å². The number of hydrogen-bond acceptors (Lipinski definition) is 1. The van der Waals surface area contributed by atoms with Crippen molar-refractivity contribution in [3.8, 4) is 0 Å². The SMILES string of the molecule is Nc1ccc(Br)c(Br)c1I. The molecule has 0 atom stereocenters. The lowest BCUT2D eigenvalue weighted by Gasteiger charge is -2.01. The van der Waals surface area contributed by atoms with Gasteiger partial charge in [0.2, 0.25) is 0 Å². The highest BCUT2D eigenvalue weighted by atomic mass is 127. The number of benzene rings is 1. The van der Waals surface area contributed by atoms with Crippen LogP contribution in [0.4, 0.5) is 5.69 Å². The van der Waals surface area contributed by atoms with Crippen LogP contribution in [0.1, 0.15) is 0 Å². The maximum Gasteiger partial charge on any atom is 0.0513 e. The van der Waals surface area contributed by atoms with Crippen molar-refractivity contribution >= 4 is 60.1 Å². The molecule has 1 rings (SSSR count). The number of halogens is 3. The van der Waals surface area contributed by atoms with Gasteiger partial charge in [-0.05, 0) is 66.6 Å². The zero-order valence-corrected chi connectivity index (χ0v) is 10.2. The summed E-state index contributed by atoms with van der Waals surface area (Å²) in [6, 6.07) is 3.79. The van der Waals surface area contributed by atoms with E-state index in [2.05, 4.69) is 54.5 Å². The van der Waals surface area contributed by atoms with Gasteiger partial charge in [-0.1, -0.05) is 0 Å². The largest absolute Gasteiger partial charge is 0.398 e. The molecular weight excluding hydrogens is 373 g/mol. The van der Waals surface area contributed by atoms with Gasteiger partial charge in [0.05, 0.1) is 3.57 Å². The molecule has 0 heterocycles. The summed E-state index contributed by atoms with van der Waals surface area (Å²) in [7, 11) is 0. The molecule has 1 nitrogen and oxygen atoms in total. The summed E-state index contributed by atoms with van der Waals surface area (Å²) in [6.07, 6.45) is 0. The first kappa shape index (κ1) is 8.80. The monoisotopic (exact) mass is 375 g/mol. The Kier molecular flexibility index (Phi) is 3.00. The average Bonchev–Trinajstić information content (AvgIpc) is 1.93. The van der Waals surface area contributed by atoms with Gasteiger partial charge in [0.1, 0.15) is 0 Å². The second-order valence-electron chi connectivity index (χ2n) is 1.76. The number of anilines is 1. The van der Waals surface area contributed by atoms with Crippen LogP contribution in [0.15, 0.2) is 21.1 Å². The normalized spacial score (nSPS) is 9.90. The lowest BCUT2D eigenvalue weighted by atomic mass is 10.3. The smallest absolute Gasteiger partial charge is 0.0513 e. The van der Waals surface area contributed by atoms with Crippen LogP contribution in [0.2, 0.25) is 0 Å². The van der Waals surface area contributed by atoms with Crippen LogP contribution in [0.25, 0.3) is 0 Å². The zero-order chi connectivity index (χ0) is 7.72. The minimum atomic E-state index is 0.802. The van der Waals surface area contributed by atoms with Gasteiger partial charge < -0.3 is 5.73 Å². The van der Waals surface area contributed by atoms with Gasteiger partial charge in [0.15, 0.2) is 0 Å². The lowest BCUT2D eigenvalue weighted by Crippen LogP contribution is -1.89. The van der Waals surface area contributed by atoms with Crippen molar-refractivity contribution < 1.29 is 0 Å². The Balaban J connectivity index is 3.34. The Morgan fingerprint density at radius 1 is 1.30 bits per heavy atom. The highest BCUT2D eigenvalue weighted by Crippen LogP contribution is 2.31. The molecule has 0 aliphatic rings. The molecule has 0 bridgehead atoms.